The van der Waals surface area contributed by atoms with Gasteiger partial charge >= 0.3 is 0 Å². The summed E-state index contributed by atoms with van der Waals surface area (Å²) in [4.78, 5) is 9.24. The lowest BCUT2D eigenvalue weighted by Gasteiger charge is -2.35. The van der Waals surface area contributed by atoms with Crippen LogP contribution in [0.25, 0.3) is 0 Å². The number of ether oxygens (including phenoxy) is 1. The van der Waals surface area contributed by atoms with E-state index in [-0.39, 0.29) is 11.0 Å². The normalized spacial score (nSPS) is 18.6. The first-order valence-electron chi connectivity index (χ1n) is 7.26. The largest absolute Gasteiger partial charge is 0.381 e. The Bertz CT molecular complexity index is 461. The molecule has 1 saturated heterocycles. The molecule has 2 heterocycles. The minimum absolute atomic E-state index is 0.0484. The van der Waals surface area contributed by atoms with Crippen LogP contribution in [0.5, 0.6) is 0 Å². The van der Waals surface area contributed by atoms with E-state index >= 15 is 0 Å². The molecule has 0 atom stereocenters. The molecule has 1 fully saturated rings. The fourth-order valence-electron chi connectivity index (χ4n) is 2.23. The maximum Gasteiger partial charge on any atom is 0.138 e. The summed E-state index contributed by atoms with van der Waals surface area (Å²) in [6.07, 6.45) is 1.99. The molecule has 5 heteroatoms. The van der Waals surface area contributed by atoms with Gasteiger partial charge in [-0.05, 0) is 19.8 Å². The van der Waals surface area contributed by atoms with Crippen molar-refractivity contribution in [1.82, 2.24) is 9.97 Å². The van der Waals surface area contributed by atoms with E-state index in [4.69, 9.17) is 4.74 Å². The average Bonchev–Trinajstić information content (AvgIpc) is 2.37. The quantitative estimate of drug-likeness (QED) is 0.890. The Morgan fingerprint density at radius 1 is 1.15 bits per heavy atom. The number of nitrogens with zero attached hydrogens (tertiary/aromatic N) is 2. The molecule has 5 nitrogen and oxygen atoms in total. The van der Waals surface area contributed by atoms with Crippen LogP contribution in [-0.4, -0.2) is 35.8 Å². The number of hydrogen-bond acceptors (Lipinski definition) is 5. The summed E-state index contributed by atoms with van der Waals surface area (Å²) < 4.78 is 5.44. The smallest absolute Gasteiger partial charge is 0.138 e. The highest BCUT2D eigenvalue weighted by Gasteiger charge is 2.28. The molecule has 1 aromatic rings. The van der Waals surface area contributed by atoms with Gasteiger partial charge in [0, 0.05) is 37.3 Å². The van der Waals surface area contributed by atoms with Gasteiger partial charge < -0.3 is 15.4 Å². The van der Waals surface area contributed by atoms with Gasteiger partial charge in [0.1, 0.15) is 17.5 Å². The third-order valence-electron chi connectivity index (χ3n) is 3.68. The van der Waals surface area contributed by atoms with E-state index in [0.717, 1.165) is 43.5 Å². The Morgan fingerprint density at radius 3 is 2.30 bits per heavy atom. The van der Waals surface area contributed by atoms with Crippen LogP contribution in [0.15, 0.2) is 6.07 Å². The van der Waals surface area contributed by atoms with E-state index in [1.54, 1.807) is 0 Å². The highest BCUT2D eigenvalue weighted by molar-refractivity contribution is 5.49. The number of hydrogen-bond donors (Lipinski definition) is 2. The summed E-state index contributed by atoms with van der Waals surface area (Å²) >= 11 is 0. The number of aromatic nitrogens is 2. The predicted molar refractivity (Wildman–Crippen MR) is 82.4 cm³/mol. The molecular weight excluding hydrogens is 252 g/mol. The molecule has 1 aliphatic heterocycles. The maximum absolute atomic E-state index is 5.44. The Labute approximate surface area is 121 Å². The minimum atomic E-state index is -0.0696. The summed E-state index contributed by atoms with van der Waals surface area (Å²) in [7, 11) is 1.88. The molecular formula is C15H26N4O. The first-order valence-corrected chi connectivity index (χ1v) is 7.26. The van der Waals surface area contributed by atoms with E-state index < -0.39 is 0 Å². The van der Waals surface area contributed by atoms with Crippen molar-refractivity contribution in [2.24, 2.45) is 0 Å². The topological polar surface area (TPSA) is 59.1 Å². The number of anilines is 2. The SMILES string of the molecule is CNc1cc(NC2(C)CCOCC2)nc(C(C)(C)C)n1. The van der Waals surface area contributed by atoms with Crippen molar-refractivity contribution in [1.29, 1.82) is 0 Å². The van der Waals surface area contributed by atoms with Gasteiger partial charge in [0.25, 0.3) is 0 Å². The molecule has 0 aromatic carbocycles. The first-order chi connectivity index (χ1) is 9.32. The second-order valence-corrected chi connectivity index (χ2v) is 6.76. The third kappa shape index (κ3) is 3.60. The van der Waals surface area contributed by atoms with Gasteiger partial charge in [0.05, 0.1) is 0 Å². The molecule has 0 unspecified atom stereocenters. The van der Waals surface area contributed by atoms with E-state index in [9.17, 15) is 0 Å². The van der Waals surface area contributed by atoms with Gasteiger partial charge in [0.2, 0.25) is 0 Å². The van der Waals surface area contributed by atoms with Gasteiger partial charge in [0.15, 0.2) is 0 Å². The lowest BCUT2D eigenvalue weighted by molar-refractivity contribution is 0.0657. The summed E-state index contributed by atoms with van der Waals surface area (Å²) in [6.45, 7) is 10.2. The Kier molecular flexibility index (Phi) is 4.18. The molecule has 20 heavy (non-hydrogen) atoms. The van der Waals surface area contributed by atoms with Crippen LogP contribution in [-0.2, 0) is 10.2 Å². The monoisotopic (exact) mass is 278 g/mol. The molecule has 0 radical (unpaired) electrons. The maximum atomic E-state index is 5.44. The average molecular weight is 278 g/mol. The third-order valence-corrected chi connectivity index (χ3v) is 3.68. The second kappa shape index (κ2) is 5.56. The fraction of sp³-hybridized carbons (Fsp3) is 0.733. The zero-order valence-corrected chi connectivity index (χ0v) is 13.2. The van der Waals surface area contributed by atoms with E-state index in [1.807, 2.05) is 13.1 Å². The van der Waals surface area contributed by atoms with Crippen molar-refractivity contribution in [2.75, 3.05) is 30.9 Å². The minimum Gasteiger partial charge on any atom is -0.381 e. The zero-order valence-electron chi connectivity index (χ0n) is 13.2. The molecule has 2 N–H and O–H groups in total. The Balaban J connectivity index is 2.26. The van der Waals surface area contributed by atoms with Crippen LogP contribution in [0.2, 0.25) is 0 Å². The van der Waals surface area contributed by atoms with Gasteiger partial charge in [-0.3, -0.25) is 0 Å². The summed E-state index contributed by atoms with van der Waals surface area (Å²) in [5.41, 5.74) is -0.0212. The number of rotatable bonds is 3. The Morgan fingerprint density at radius 2 is 1.75 bits per heavy atom. The van der Waals surface area contributed by atoms with Crippen molar-refractivity contribution in [2.45, 2.75) is 51.5 Å². The lowest BCUT2D eigenvalue weighted by atomic mass is 9.92. The van der Waals surface area contributed by atoms with Gasteiger partial charge in [-0.1, -0.05) is 20.8 Å². The van der Waals surface area contributed by atoms with E-state index in [2.05, 4.69) is 48.3 Å². The van der Waals surface area contributed by atoms with Crippen LogP contribution < -0.4 is 10.6 Å². The molecule has 0 bridgehead atoms. The molecule has 2 rings (SSSR count). The molecule has 0 aliphatic carbocycles. The van der Waals surface area contributed by atoms with Crippen LogP contribution in [0, 0.1) is 0 Å². The molecule has 1 aromatic heterocycles. The van der Waals surface area contributed by atoms with Crippen LogP contribution in [0.4, 0.5) is 11.6 Å². The zero-order chi connectivity index (χ0) is 14.8. The summed E-state index contributed by atoms with van der Waals surface area (Å²) in [5.74, 6) is 2.59. The van der Waals surface area contributed by atoms with Gasteiger partial charge in [-0.25, -0.2) is 9.97 Å². The van der Waals surface area contributed by atoms with Gasteiger partial charge in [-0.2, -0.15) is 0 Å². The summed E-state index contributed by atoms with van der Waals surface area (Å²) in [6, 6.07) is 1.97. The van der Waals surface area contributed by atoms with Gasteiger partial charge in [-0.15, -0.1) is 0 Å². The second-order valence-electron chi connectivity index (χ2n) is 6.76. The van der Waals surface area contributed by atoms with Crippen molar-refractivity contribution in [3.05, 3.63) is 11.9 Å². The molecule has 0 amide bonds. The highest BCUT2D eigenvalue weighted by Crippen LogP contribution is 2.27. The molecule has 1 aliphatic rings. The van der Waals surface area contributed by atoms with Crippen LogP contribution in [0.1, 0.15) is 46.4 Å². The fourth-order valence-corrected chi connectivity index (χ4v) is 2.23. The van der Waals surface area contributed by atoms with E-state index in [0.29, 0.717) is 0 Å². The standard InChI is InChI=1S/C15H26N4O/c1-14(2,3)13-17-11(16-5)10-12(18-13)19-15(4)6-8-20-9-7-15/h10H,6-9H2,1-5H3,(H2,16,17,18,19). The predicted octanol–water partition coefficient (Wildman–Crippen LogP) is 2.80. The first kappa shape index (κ1) is 15.0. The van der Waals surface area contributed by atoms with Crippen LogP contribution >= 0.6 is 0 Å². The van der Waals surface area contributed by atoms with Crippen LogP contribution in [0.3, 0.4) is 0 Å². The van der Waals surface area contributed by atoms with Crippen molar-refractivity contribution >= 4 is 11.6 Å². The van der Waals surface area contributed by atoms with Crippen molar-refractivity contribution in [3.63, 3.8) is 0 Å². The highest BCUT2D eigenvalue weighted by atomic mass is 16.5. The Hall–Kier alpha value is -1.36. The van der Waals surface area contributed by atoms with Crippen molar-refractivity contribution in [3.8, 4) is 0 Å². The molecule has 0 saturated carbocycles. The molecule has 112 valence electrons. The number of nitrogens with one attached hydrogen (secondary N) is 2. The van der Waals surface area contributed by atoms with E-state index in [1.165, 1.54) is 0 Å². The molecule has 0 spiro atoms. The van der Waals surface area contributed by atoms with Crippen molar-refractivity contribution < 1.29 is 4.74 Å². The summed E-state index contributed by atoms with van der Waals surface area (Å²) in [5, 5.41) is 6.69. The lowest BCUT2D eigenvalue weighted by Crippen LogP contribution is -2.41.